The van der Waals surface area contributed by atoms with Gasteiger partial charge in [-0.05, 0) is 37.5 Å². The second-order valence-electron chi connectivity index (χ2n) is 6.31. The first-order valence-electron chi connectivity index (χ1n) is 9.10. The number of amides is 2. The fourth-order valence-corrected chi connectivity index (χ4v) is 2.74. The fourth-order valence-electron chi connectivity index (χ4n) is 2.61. The van der Waals surface area contributed by atoms with Crippen molar-refractivity contribution in [2.45, 2.75) is 32.4 Å². The number of carbonyl (C=O) groups excluding carboxylic acids is 2. The maximum Gasteiger partial charge on any atom is 0.243 e. The average molecular weight is 412 g/mol. The van der Waals surface area contributed by atoms with E-state index in [2.05, 4.69) is 5.32 Å². The molecule has 1 aromatic carbocycles. The summed E-state index contributed by atoms with van der Waals surface area (Å²) in [5.74, 6) is 5.34. The summed E-state index contributed by atoms with van der Waals surface area (Å²) in [7, 11) is 1.59. The van der Waals surface area contributed by atoms with Crippen molar-refractivity contribution in [3.63, 3.8) is 0 Å². The number of halogens is 1. The first-order valence-corrected chi connectivity index (χ1v) is 9.48. The number of hydrogen-bond acceptors (Lipinski definition) is 6. The highest BCUT2D eigenvalue weighted by atomic mass is 35.5. The Morgan fingerprint density at radius 3 is 2.68 bits per heavy atom. The highest BCUT2D eigenvalue weighted by molar-refractivity contribution is 6.30. The van der Waals surface area contributed by atoms with Gasteiger partial charge in [-0.3, -0.25) is 9.59 Å². The number of likely N-dealkylation sites (tertiary alicyclic amines) is 1. The topological polar surface area (TPSA) is 114 Å². The predicted molar refractivity (Wildman–Crippen MR) is 110 cm³/mol. The van der Waals surface area contributed by atoms with Crippen molar-refractivity contribution in [2.75, 3.05) is 26.8 Å². The first kappa shape index (κ1) is 23.7. The van der Waals surface area contributed by atoms with Crippen LogP contribution in [0.4, 0.5) is 0 Å². The van der Waals surface area contributed by atoms with Crippen LogP contribution in [0, 0.1) is 0 Å². The monoisotopic (exact) mass is 411 g/mol. The molecule has 156 valence electrons. The highest BCUT2D eigenvalue weighted by Crippen LogP contribution is 2.15. The van der Waals surface area contributed by atoms with Gasteiger partial charge in [0.2, 0.25) is 12.3 Å². The predicted octanol–water partition coefficient (Wildman–Crippen LogP) is 1.21. The van der Waals surface area contributed by atoms with Crippen LogP contribution in [-0.4, -0.2) is 55.1 Å². The van der Waals surface area contributed by atoms with Gasteiger partial charge in [-0.2, -0.15) is 0 Å². The van der Waals surface area contributed by atoms with Gasteiger partial charge in [0.05, 0.1) is 12.3 Å². The van der Waals surface area contributed by atoms with Crippen molar-refractivity contribution < 1.29 is 14.3 Å². The molecule has 0 radical (unpaired) electrons. The third-order valence-electron chi connectivity index (χ3n) is 4.12. The number of nitrogens with zero attached hydrogens (tertiary/aromatic N) is 2. The molecule has 9 heteroatoms. The van der Waals surface area contributed by atoms with Gasteiger partial charge in [-0.15, -0.1) is 0 Å². The Morgan fingerprint density at radius 1 is 1.43 bits per heavy atom. The standard InChI is InChI=1S/C13H15ClN2O2.C6H15N3O/c14-11-5-3-10(4-6-11)8-15-13(18)12-2-1-7-16(12)9-17;1-3-9(8)4-6(7)5-10-2/h3-6,9,12H,1-2,7-8H2,(H,15,18);4H,3,5,7-8H2,1-2H3/b;6-4-. The van der Waals surface area contributed by atoms with Crippen LogP contribution in [-0.2, 0) is 20.9 Å². The molecule has 2 amide bonds. The van der Waals surface area contributed by atoms with Gasteiger partial charge in [0.1, 0.15) is 6.04 Å². The molecule has 1 heterocycles. The van der Waals surface area contributed by atoms with E-state index in [0.29, 0.717) is 30.4 Å². The Kier molecular flexibility index (Phi) is 11.0. The quantitative estimate of drug-likeness (QED) is 0.336. The second-order valence-corrected chi connectivity index (χ2v) is 6.75. The minimum atomic E-state index is -0.310. The molecule has 0 saturated carbocycles. The maximum atomic E-state index is 11.9. The van der Waals surface area contributed by atoms with E-state index in [1.165, 1.54) is 5.01 Å². The SMILES string of the molecule is CCN(N)/C=C(\N)COC.O=CN1CCCC1C(=O)NCc1ccc(Cl)cc1. The van der Waals surface area contributed by atoms with Gasteiger partial charge in [-0.1, -0.05) is 23.7 Å². The van der Waals surface area contributed by atoms with Crippen LogP contribution >= 0.6 is 11.6 Å². The van der Waals surface area contributed by atoms with Crippen molar-refractivity contribution in [1.82, 2.24) is 15.2 Å². The zero-order valence-corrected chi connectivity index (χ0v) is 17.2. The van der Waals surface area contributed by atoms with E-state index < -0.39 is 0 Å². The Balaban J connectivity index is 0.000000336. The molecule has 1 fully saturated rings. The summed E-state index contributed by atoms with van der Waals surface area (Å²) >= 11 is 5.78. The Morgan fingerprint density at radius 2 is 2.11 bits per heavy atom. The minimum absolute atomic E-state index is 0.0884. The van der Waals surface area contributed by atoms with E-state index in [9.17, 15) is 9.59 Å². The molecule has 1 aliphatic rings. The molecule has 1 aromatic rings. The third kappa shape index (κ3) is 8.60. The van der Waals surface area contributed by atoms with Crippen molar-refractivity contribution in [2.24, 2.45) is 11.6 Å². The molecule has 28 heavy (non-hydrogen) atoms. The van der Waals surface area contributed by atoms with Crippen LogP contribution in [0.1, 0.15) is 25.3 Å². The van der Waals surface area contributed by atoms with Gasteiger partial charge in [0.25, 0.3) is 0 Å². The number of nitrogens with one attached hydrogen (secondary N) is 1. The normalized spacial score (nSPS) is 16.2. The zero-order valence-electron chi connectivity index (χ0n) is 16.4. The summed E-state index contributed by atoms with van der Waals surface area (Å²) in [6.45, 7) is 4.23. The van der Waals surface area contributed by atoms with Crippen LogP contribution in [0.25, 0.3) is 0 Å². The minimum Gasteiger partial charge on any atom is -0.399 e. The lowest BCUT2D eigenvalue weighted by Crippen LogP contribution is -2.42. The molecule has 1 saturated heterocycles. The number of rotatable bonds is 8. The maximum absolute atomic E-state index is 11.9. The summed E-state index contributed by atoms with van der Waals surface area (Å²) in [6, 6.07) is 7.01. The summed E-state index contributed by atoms with van der Waals surface area (Å²) in [5.41, 5.74) is 7.10. The lowest BCUT2D eigenvalue weighted by Gasteiger charge is -2.19. The van der Waals surface area contributed by atoms with Crippen LogP contribution in [0.5, 0.6) is 0 Å². The van der Waals surface area contributed by atoms with E-state index in [-0.39, 0.29) is 11.9 Å². The molecule has 0 bridgehead atoms. The van der Waals surface area contributed by atoms with Gasteiger partial charge in [-0.25, -0.2) is 5.84 Å². The summed E-state index contributed by atoms with van der Waals surface area (Å²) in [6.07, 6.45) is 4.03. The van der Waals surface area contributed by atoms with Crippen LogP contribution in [0.3, 0.4) is 0 Å². The molecule has 0 aliphatic carbocycles. The van der Waals surface area contributed by atoms with Crippen molar-refractivity contribution in [3.05, 3.63) is 46.7 Å². The van der Waals surface area contributed by atoms with Crippen LogP contribution in [0.15, 0.2) is 36.2 Å². The molecule has 1 unspecified atom stereocenters. The van der Waals surface area contributed by atoms with Gasteiger partial charge in [0, 0.05) is 38.0 Å². The molecule has 1 aliphatic heterocycles. The molecule has 2 rings (SSSR count). The number of hydrazine groups is 1. The molecule has 5 N–H and O–H groups in total. The number of ether oxygens (including phenoxy) is 1. The first-order chi connectivity index (χ1) is 13.4. The third-order valence-corrected chi connectivity index (χ3v) is 4.37. The largest absolute Gasteiger partial charge is 0.399 e. The number of methoxy groups -OCH3 is 1. The zero-order chi connectivity index (χ0) is 20.9. The van der Waals surface area contributed by atoms with Crippen molar-refractivity contribution >= 4 is 23.9 Å². The second kappa shape index (κ2) is 13.0. The number of hydrogen-bond donors (Lipinski definition) is 3. The Bertz CT molecular complexity index is 639. The molecule has 0 aromatic heterocycles. The number of carbonyl (C=O) groups is 2. The van der Waals surface area contributed by atoms with Crippen LogP contribution in [0.2, 0.25) is 5.02 Å². The van der Waals surface area contributed by atoms with Crippen molar-refractivity contribution in [3.8, 4) is 0 Å². The summed E-state index contributed by atoms with van der Waals surface area (Å²) in [4.78, 5) is 24.2. The van der Waals surface area contributed by atoms with E-state index in [1.807, 2.05) is 19.1 Å². The summed E-state index contributed by atoms with van der Waals surface area (Å²) in [5, 5.41) is 5.02. The van der Waals surface area contributed by atoms with Gasteiger partial charge in [0.15, 0.2) is 0 Å². The molecule has 1 atom stereocenters. The molecular formula is C19H30ClN5O3. The molecule has 8 nitrogen and oxygen atoms in total. The number of nitrogens with two attached hydrogens (primary N) is 2. The molecule has 0 spiro atoms. The van der Waals surface area contributed by atoms with E-state index in [4.69, 9.17) is 27.9 Å². The van der Waals surface area contributed by atoms with Crippen LogP contribution < -0.4 is 16.9 Å². The van der Waals surface area contributed by atoms with E-state index in [0.717, 1.165) is 31.4 Å². The number of benzene rings is 1. The fraction of sp³-hybridized carbons (Fsp3) is 0.474. The highest BCUT2D eigenvalue weighted by Gasteiger charge is 2.29. The van der Waals surface area contributed by atoms with Gasteiger partial charge >= 0.3 is 0 Å². The lowest BCUT2D eigenvalue weighted by atomic mass is 10.2. The van der Waals surface area contributed by atoms with Crippen molar-refractivity contribution in [1.29, 1.82) is 0 Å². The molecular weight excluding hydrogens is 382 g/mol. The van der Waals surface area contributed by atoms with E-state index >= 15 is 0 Å². The van der Waals surface area contributed by atoms with E-state index in [1.54, 1.807) is 30.3 Å². The average Bonchev–Trinajstić information content (AvgIpc) is 3.17. The smallest absolute Gasteiger partial charge is 0.243 e. The lowest BCUT2D eigenvalue weighted by molar-refractivity contribution is -0.131. The Labute approximate surface area is 171 Å². The van der Waals surface area contributed by atoms with Gasteiger partial charge < -0.3 is 25.7 Å². The Hall–Kier alpha value is -2.29. The summed E-state index contributed by atoms with van der Waals surface area (Å²) < 4.78 is 4.77.